The Balaban J connectivity index is 1.57. The van der Waals surface area contributed by atoms with Crippen LogP contribution in [-0.4, -0.2) is 21.0 Å². The predicted octanol–water partition coefficient (Wildman–Crippen LogP) is 3.77. The lowest BCUT2D eigenvalue weighted by atomic mass is 10.1. The van der Waals surface area contributed by atoms with Crippen molar-refractivity contribution in [2.24, 2.45) is 0 Å². The third-order valence-electron chi connectivity index (χ3n) is 4.09. The highest BCUT2D eigenvalue weighted by atomic mass is 35.5. The minimum absolute atomic E-state index is 0.0828. The second-order valence-corrected chi connectivity index (χ2v) is 7.72. The van der Waals surface area contributed by atoms with Crippen LogP contribution in [0.1, 0.15) is 29.8 Å². The minimum atomic E-state index is -0.168. The molecule has 0 aliphatic rings. The molecule has 0 spiro atoms. The van der Waals surface area contributed by atoms with Crippen molar-refractivity contribution in [3.63, 3.8) is 0 Å². The average Bonchev–Trinajstić information content (AvgIpc) is 2.62. The molecule has 0 radical (unpaired) electrons. The number of halogens is 1. The van der Waals surface area contributed by atoms with E-state index in [0.717, 1.165) is 11.1 Å². The first-order chi connectivity index (χ1) is 12.9. The zero-order valence-corrected chi connectivity index (χ0v) is 16.7. The highest BCUT2D eigenvalue weighted by molar-refractivity contribution is 7.99. The summed E-state index contributed by atoms with van der Waals surface area (Å²) in [5.74, 6) is 0.692. The van der Waals surface area contributed by atoms with Gasteiger partial charge in [0.2, 0.25) is 5.91 Å². The van der Waals surface area contributed by atoms with Crippen LogP contribution in [0.4, 0.5) is 0 Å². The highest BCUT2D eigenvalue weighted by Gasteiger charge is 2.12. The maximum atomic E-state index is 12.2. The monoisotopic (exact) mass is 401 g/mol. The summed E-state index contributed by atoms with van der Waals surface area (Å²) in [5.41, 5.74) is 3.05. The first-order valence-electron chi connectivity index (χ1n) is 8.54. The molecule has 0 saturated heterocycles. The van der Waals surface area contributed by atoms with Crippen molar-refractivity contribution in [2.45, 2.75) is 25.6 Å². The summed E-state index contributed by atoms with van der Waals surface area (Å²) in [6.07, 6.45) is 1.77. The number of thioether (sulfide) groups is 1. The Morgan fingerprint density at radius 2 is 2.07 bits per heavy atom. The number of hydrogen-bond donors (Lipinski definition) is 1. The molecule has 1 aromatic carbocycles. The van der Waals surface area contributed by atoms with Gasteiger partial charge in [-0.05, 0) is 37.1 Å². The van der Waals surface area contributed by atoms with Gasteiger partial charge in [0, 0.05) is 23.0 Å². The molecular formula is C20H20ClN3O2S. The van der Waals surface area contributed by atoms with Crippen LogP contribution >= 0.6 is 23.4 Å². The number of aryl methyl sites for hydroxylation is 1. The molecule has 0 fully saturated rings. The summed E-state index contributed by atoms with van der Waals surface area (Å²) in [6.45, 7) is 3.83. The van der Waals surface area contributed by atoms with Gasteiger partial charge in [-0.25, -0.2) is 4.98 Å². The topological polar surface area (TPSA) is 63.5 Å². The van der Waals surface area contributed by atoms with Gasteiger partial charge in [0.05, 0.1) is 17.5 Å². The second-order valence-electron chi connectivity index (χ2n) is 6.32. The van der Waals surface area contributed by atoms with Crippen molar-refractivity contribution in [2.75, 3.05) is 5.75 Å². The number of carbonyl (C=O) groups excluding carboxylic acids is 1. The molecule has 0 unspecified atom stereocenters. The average molecular weight is 402 g/mol. The molecule has 27 heavy (non-hydrogen) atoms. The summed E-state index contributed by atoms with van der Waals surface area (Å²) in [7, 11) is 0. The summed E-state index contributed by atoms with van der Waals surface area (Å²) in [6, 6.07) is 12.5. The van der Waals surface area contributed by atoms with E-state index in [4.69, 9.17) is 11.6 Å². The van der Waals surface area contributed by atoms with Gasteiger partial charge in [-0.3, -0.25) is 14.0 Å². The fourth-order valence-electron chi connectivity index (χ4n) is 2.77. The molecule has 3 aromatic rings. The third kappa shape index (κ3) is 4.90. The van der Waals surface area contributed by atoms with Crippen LogP contribution in [0.5, 0.6) is 0 Å². The first kappa shape index (κ1) is 19.5. The number of benzene rings is 1. The maximum absolute atomic E-state index is 12.2. The molecule has 5 nitrogen and oxygen atoms in total. The Bertz CT molecular complexity index is 1040. The van der Waals surface area contributed by atoms with Crippen molar-refractivity contribution in [3.05, 3.63) is 80.9 Å². The lowest BCUT2D eigenvalue weighted by Gasteiger charge is -2.15. The van der Waals surface area contributed by atoms with Crippen LogP contribution in [0.2, 0.25) is 5.02 Å². The predicted molar refractivity (Wildman–Crippen MR) is 110 cm³/mol. The molecule has 3 rings (SSSR count). The lowest BCUT2D eigenvalue weighted by molar-refractivity contribution is -0.119. The number of pyridine rings is 1. The van der Waals surface area contributed by atoms with Crippen LogP contribution < -0.4 is 10.9 Å². The number of nitrogens with zero attached hydrogens (tertiary/aromatic N) is 2. The molecular weight excluding hydrogens is 382 g/mol. The van der Waals surface area contributed by atoms with Crippen molar-refractivity contribution in [3.8, 4) is 0 Å². The Morgan fingerprint density at radius 3 is 2.85 bits per heavy atom. The standard InChI is InChI=1S/C20H20ClN3O2S/c1-13-7-8-18-23-15(9-20(26)24(18)10-13)11-27-12-19(25)22-14(2)16-5-3-4-6-17(16)21/h3-10,14H,11-12H2,1-2H3,(H,22,25)/t14-/m0/s1. The fraction of sp³-hybridized carbons (Fsp3) is 0.250. The van der Waals surface area contributed by atoms with Gasteiger partial charge in [0.25, 0.3) is 5.56 Å². The van der Waals surface area contributed by atoms with Crippen LogP contribution in [-0.2, 0) is 10.5 Å². The number of rotatable bonds is 6. The fourth-order valence-corrected chi connectivity index (χ4v) is 3.79. The Morgan fingerprint density at radius 1 is 1.30 bits per heavy atom. The van der Waals surface area contributed by atoms with E-state index < -0.39 is 0 Å². The van der Waals surface area contributed by atoms with Gasteiger partial charge >= 0.3 is 0 Å². The number of carbonyl (C=O) groups is 1. The van der Waals surface area contributed by atoms with Gasteiger partial charge in [-0.1, -0.05) is 35.9 Å². The van der Waals surface area contributed by atoms with E-state index in [2.05, 4.69) is 10.3 Å². The van der Waals surface area contributed by atoms with Crippen molar-refractivity contribution in [1.82, 2.24) is 14.7 Å². The van der Waals surface area contributed by atoms with Gasteiger partial charge in [0.15, 0.2) is 0 Å². The van der Waals surface area contributed by atoms with Gasteiger partial charge in [0.1, 0.15) is 5.65 Å². The Hall–Kier alpha value is -2.31. The molecule has 140 valence electrons. The molecule has 0 bridgehead atoms. The van der Waals surface area contributed by atoms with Crippen LogP contribution in [0, 0.1) is 6.92 Å². The van der Waals surface area contributed by atoms with Crippen LogP contribution in [0.25, 0.3) is 5.65 Å². The van der Waals surface area contributed by atoms with Gasteiger partial charge in [-0.15, -0.1) is 11.8 Å². The molecule has 1 amide bonds. The summed E-state index contributed by atoms with van der Waals surface area (Å²) >= 11 is 7.58. The minimum Gasteiger partial charge on any atom is -0.349 e. The number of amides is 1. The van der Waals surface area contributed by atoms with Gasteiger partial charge < -0.3 is 5.32 Å². The largest absolute Gasteiger partial charge is 0.349 e. The normalized spacial score (nSPS) is 12.1. The molecule has 2 aromatic heterocycles. The van der Waals surface area contributed by atoms with E-state index in [1.807, 2.05) is 44.2 Å². The van der Waals surface area contributed by atoms with Crippen molar-refractivity contribution >= 4 is 34.9 Å². The quantitative estimate of drug-likeness (QED) is 0.683. The summed E-state index contributed by atoms with van der Waals surface area (Å²) in [5, 5.41) is 3.57. The van der Waals surface area contributed by atoms with Crippen LogP contribution in [0.15, 0.2) is 53.5 Å². The molecule has 0 saturated carbocycles. The van der Waals surface area contributed by atoms with Crippen molar-refractivity contribution < 1.29 is 4.79 Å². The van der Waals surface area contributed by atoms with E-state index in [1.165, 1.54) is 22.2 Å². The number of hydrogen-bond acceptors (Lipinski definition) is 4. The Labute approximate surface area is 166 Å². The molecule has 0 aliphatic heterocycles. The van der Waals surface area contributed by atoms with E-state index >= 15 is 0 Å². The first-order valence-corrected chi connectivity index (χ1v) is 10.1. The third-order valence-corrected chi connectivity index (χ3v) is 5.40. The Kier molecular flexibility index (Phi) is 6.19. The van der Waals surface area contributed by atoms with E-state index in [0.29, 0.717) is 22.1 Å². The SMILES string of the molecule is Cc1ccc2nc(CSCC(=O)N[C@@H](C)c3ccccc3Cl)cc(=O)n2c1. The molecule has 1 N–H and O–H groups in total. The molecule has 7 heteroatoms. The molecule has 2 heterocycles. The van der Waals surface area contributed by atoms with Crippen LogP contribution in [0.3, 0.4) is 0 Å². The molecule has 0 aliphatic carbocycles. The number of nitrogens with one attached hydrogen (secondary N) is 1. The van der Waals surface area contributed by atoms with E-state index in [-0.39, 0.29) is 23.3 Å². The summed E-state index contributed by atoms with van der Waals surface area (Å²) < 4.78 is 1.53. The number of fused-ring (bicyclic) bond motifs is 1. The second kappa shape index (κ2) is 8.59. The summed E-state index contributed by atoms with van der Waals surface area (Å²) in [4.78, 5) is 28.9. The van der Waals surface area contributed by atoms with Gasteiger partial charge in [-0.2, -0.15) is 0 Å². The zero-order chi connectivity index (χ0) is 19.4. The number of aromatic nitrogens is 2. The maximum Gasteiger partial charge on any atom is 0.258 e. The molecule has 1 atom stereocenters. The lowest BCUT2D eigenvalue weighted by Crippen LogP contribution is -2.28. The zero-order valence-electron chi connectivity index (χ0n) is 15.1. The smallest absolute Gasteiger partial charge is 0.258 e. The van der Waals surface area contributed by atoms with E-state index in [1.54, 1.807) is 12.3 Å². The van der Waals surface area contributed by atoms with Crippen molar-refractivity contribution in [1.29, 1.82) is 0 Å². The highest BCUT2D eigenvalue weighted by Crippen LogP contribution is 2.22. The van der Waals surface area contributed by atoms with E-state index in [9.17, 15) is 9.59 Å².